The summed E-state index contributed by atoms with van der Waals surface area (Å²) in [6.07, 6.45) is 0.937. The van der Waals surface area contributed by atoms with E-state index in [-0.39, 0.29) is 5.91 Å². The SMILES string of the molecule is COc1ccc(NC(=O)c2ccccc2)c(N(CCCN(C)C)c2ccccc2)n1. The van der Waals surface area contributed by atoms with Crippen LogP contribution in [0.2, 0.25) is 0 Å². The van der Waals surface area contributed by atoms with Crippen molar-refractivity contribution in [2.75, 3.05) is 44.5 Å². The van der Waals surface area contributed by atoms with Crippen molar-refractivity contribution in [3.05, 3.63) is 78.4 Å². The standard InChI is InChI=1S/C24H28N4O2/c1-27(2)17-10-18-28(20-13-8-5-9-14-20)23-21(15-16-22(26-23)30-3)25-24(29)19-11-6-4-7-12-19/h4-9,11-16H,10,17-18H2,1-3H3,(H,25,29). The predicted octanol–water partition coefficient (Wildman–Crippen LogP) is 4.43. The van der Waals surface area contributed by atoms with Crippen molar-refractivity contribution < 1.29 is 9.53 Å². The molecule has 0 fully saturated rings. The molecule has 6 nitrogen and oxygen atoms in total. The maximum Gasteiger partial charge on any atom is 0.255 e. The minimum Gasteiger partial charge on any atom is -0.481 e. The Kier molecular flexibility index (Phi) is 7.40. The molecule has 2 aromatic carbocycles. The molecule has 1 amide bonds. The Bertz CT molecular complexity index is 946. The number of amides is 1. The van der Waals surface area contributed by atoms with Crippen molar-refractivity contribution in [2.45, 2.75) is 6.42 Å². The molecule has 0 saturated carbocycles. The largest absolute Gasteiger partial charge is 0.481 e. The Morgan fingerprint density at radius 2 is 1.60 bits per heavy atom. The molecule has 0 unspecified atom stereocenters. The van der Waals surface area contributed by atoms with E-state index in [2.05, 4.69) is 34.2 Å². The fourth-order valence-corrected chi connectivity index (χ4v) is 3.14. The van der Waals surface area contributed by atoms with Gasteiger partial charge in [-0.25, -0.2) is 0 Å². The van der Waals surface area contributed by atoms with Crippen molar-refractivity contribution in [2.24, 2.45) is 0 Å². The normalized spacial score (nSPS) is 10.7. The van der Waals surface area contributed by atoms with Gasteiger partial charge in [-0.15, -0.1) is 0 Å². The molecule has 0 aliphatic rings. The zero-order valence-corrected chi connectivity index (χ0v) is 17.7. The van der Waals surface area contributed by atoms with Gasteiger partial charge in [-0.05, 0) is 57.4 Å². The van der Waals surface area contributed by atoms with Crippen LogP contribution in [0, 0.1) is 0 Å². The van der Waals surface area contributed by atoms with Crippen molar-refractivity contribution in [3.63, 3.8) is 0 Å². The zero-order chi connectivity index (χ0) is 21.3. The minimum atomic E-state index is -0.176. The Hall–Kier alpha value is -3.38. The summed E-state index contributed by atoms with van der Waals surface area (Å²) in [4.78, 5) is 21.7. The third kappa shape index (κ3) is 5.58. The molecule has 0 saturated heterocycles. The van der Waals surface area contributed by atoms with Crippen molar-refractivity contribution >= 4 is 23.1 Å². The van der Waals surface area contributed by atoms with Gasteiger partial charge in [0.15, 0.2) is 5.82 Å². The summed E-state index contributed by atoms with van der Waals surface area (Å²) in [5, 5.41) is 3.02. The molecule has 0 atom stereocenters. The lowest BCUT2D eigenvalue weighted by atomic mass is 10.2. The second kappa shape index (κ2) is 10.4. The van der Waals surface area contributed by atoms with Crippen LogP contribution in [0.3, 0.4) is 0 Å². The molecular formula is C24H28N4O2. The van der Waals surface area contributed by atoms with Crippen LogP contribution in [0.15, 0.2) is 72.8 Å². The first-order valence-electron chi connectivity index (χ1n) is 9.97. The van der Waals surface area contributed by atoms with Gasteiger partial charge in [0.05, 0.1) is 12.8 Å². The summed E-state index contributed by atoms with van der Waals surface area (Å²) in [5.41, 5.74) is 2.24. The lowest BCUT2D eigenvalue weighted by molar-refractivity contribution is 0.102. The van der Waals surface area contributed by atoms with Gasteiger partial charge in [-0.1, -0.05) is 36.4 Å². The summed E-state index contributed by atoms with van der Waals surface area (Å²) in [6, 6.07) is 22.8. The van der Waals surface area contributed by atoms with E-state index in [0.717, 1.165) is 25.2 Å². The highest BCUT2D eigenvalue weighted by atomic mass is 16.5. The molecule has 0 bridgehead atoms. The highest BCUT2D eigenvalue weighted by Gasteiger charge is 2.18. The number of carbonyl (C=O) groups is 1. The zero-order valence-electron chi connectivity index (χ0n) is 17.7. The van der Waals surface area contributed by atoms with Gasteiger partial charge in [-0.2, -0.15) is 4.98 Å². The molecule has 30 heavy (non-hydrogen) atoms. The minimum absolute atomic E-state index is 0.176. The van der Waals surface area contributed by atoms with Crippen LogP contribution in [0.4, 0.5) is 17.2 Å². The van der Waals surface area contributed by atoms with E-state index in [1.165, 1.54) is 0 Å². The van der Waals surface area contributed by atoms with Gasteiger partial charge < -0.3 is 19.9 Å². The first-order chi connectivity index (χ1) is 14.6. The average Bonchev–Trinajstić information content (AvgIpc) is 2.78. The van der Waals surface area contributed by atoms with E-state index in [0.29, 0.717) is 22.9 Å². The Morgan fingerprint density at radius 1 is 0.933 bits per heavy atom. The fraction of sp³-hybridized carbons (Fsp3) is 0.250. The monoisotopic (exact) mass is 404 g/mol. The smallest absolute Gasteiger partial charge is 0.255 e. The van der Waals surface area contributed by atoms with Gasteiger partial charge in [-0.3, -0.25) is 4.79 Å². The van der Waals surface area contributed by atoms with E-state index < -0.39 is 0 Å². The summed E-state index contributed by atoms with van der Waals surface area (Å²) in [7, 11) is 5.71. The Balaban J connectivity index is 1.97. The molecular weight excluding hydrogens is 376 g/mol. The Morgan fingerprint density at radius 3 is 2.23 bits per heavy atom. The second-order valence-corrected chi connectivity index (χ2v) is 7.19. The van der Waals surface area contributed by atoms with Crippen LogP contribution in [-0.2, 0) is 0 Å². The van der Waals surface area contributed by atoms with Gasteiger partial charge in [0.1, 0.15) is 0 Å². The van der Waals surface area contributed by atoms with Crippen LogP contribution < -0.4 is 15.0 Å². The van der Waals surface area contributed by atoms with Crippen molar-refractivity contribution in [3.8, 4) is 5.88 Å². The molecule has 1 heterocycles. The van der Waals surface area contributed by atoms with Crippen LogP contribution in [0.5, 0.6) is 5.88 Å². The summed E-state index contributed by atoms with van der Waals surface area (Å²) in [6.45, 7) is 1.69. The fourth-order valence-electron chi connectivity index (χ4n) is 3.14. The molecule has 3 aromatic rings. The lowest BCUT2D eigenvalue weighted by Crippen LogP contribution is -2.25. The number of pyridine rings is 1. The number of anilines is 3. The molecule has 0 spiro atoms. The number of nitrogens with one attached hydrogen (secondary N) is 1. The van der Waals surface area contributed by atoms with Gasteiger partial charge >= 0.3 is 0 Å². The summed E-state index contributed by atoms with van der Waals surface area (Å²) < 4.78 is 5.37. The van der Waals surface area contributed by atoms with E-state index in [9.17, 15) is 4.79 Å². The number of carbonyl (C=O) groups excluding carboxylic acids is 1. The highest BCUT2D eigenvalue weighted by molar-refractivity contribution is 6.05. The van der Waals surface area contributed by atoms with Crippen LogP contribution in [0.1, 0.15) is 16.8 Å². The van der Waals surface area contributed by atoms with Gasteiger partial charge in [0.25, 0.3) is 5.91 Å². The molecule has 0 aliphatic heterocycles. The Labute approximate surface area is 178 Å². The van der Waals surface area contributed by atoms with Crippen LogP contribution >= 0.6 is 0 Å². The molecule has 0 radical (unpaired) electrons. The van der Waals surface area contributed by atoms with E-state index in [1.54, 1.807) is 25.3 Å². The number of aromatic nitrogens is 1. The van der Waals surface area contributed by atoms with E-state index in [1.807, 2.05) is 54.6 Å². The van der Waals surface area contributed by atoms with Crippen molar-refractivity contribution in [1.29, 1.82) is 0 Å². The molecule has 156 valence electrons. The first kappa shape index (κ1) is 21.3. The molecule has 0 aliphatic carbocycles. The number of ether oxygens (including phenoxy) is 1. The number of benzene rings is 2. The van der Waals surface area contributed by atoms with E-state index >= 15 is 0 Å². The summed E-state index contributed by atoms with van der Waals surface area (Å²) in [5.74, 6) is 0.977. The number of rotatable bonds is 9. The maximum absolute atomic E-state index is 12.8. The highest BCUT2D eigenvalue weighted by Crippen LogP contribution is 2.32. The molecule has 3 rings (SSSR count). The number of hydrogen-bond donors (Lipinski definition) is 1. The van der Waals surface area contributed by atoms with Crippen molar-refractivity contribution in [1.82, 2.24) is 9.88 Å². The van der Waals surface area contributed by atoms with Gasteiger partial charge in [0.2, 0.25) is 5.88 Å². The second-order valence-electron chi connectivity index (χ2n) is 7.19. The molecule has 1 aromatic heterocycles. The number of para-hydroxylation sites is 1. The number of nitrogens with zero attached hydrogens (tertiary/aromatic N) is 3. The summed E-state index contributed by atoms with van der Waals surface area (Å²) >= 11 is 0. The van der Waals surface area contributed by atoms with Gasteiger partial charge in [0, 0.05) is 23.9 Å². The van der Waals surface area contributed by atoms with E-state index in [4.69, 9.17) is 4.74 Å². The van der Waals surface area contributed by atoms with Crippen LogP contribution in [-0.4, -0.2) is 50.1 Å². The van der Waals surface area contributed by atoms with Crippen LogP contribution in [0.25, 0.3) is 0 Å². The third-order valence-electron chi connectivity index (χ3n) is 4.65. The number of methoxy groups -OCH3 is 1. The predicted molar refractivity (Wildman–Crippen MR) is 122 cm³/mol. The lowest BCUT2D eigenvalue weighted by Gasteiger charge is -2.27. The maximum atomic E-state index is 12.8. The molecule has 1 N–H and O–H groups in total. The quantitative estimate of drug-likeness (QED) is 0.572. The average molecular weight is 405 g/mol. The number of hydrogen-bond acceptors (Lipinski definition) is 5. The molecule has 6 heteroatoms. The first-order valence-corrected chi connectivity index (χ1v) is 9.97. The topological polar surface area (TPSA) is 57.7 Å². The third-order valence-corrected chi connectivity index (χ3v) is 4.65.